The fraction of sp³-hybridized carbons (Fsp3) is 0.467. The number of aliphatic hydroxyl groups is 1. The summed E-state index contributed by atoms with van der Waals surface area (Å²) in [4.78, 5) is 23.5. The van der Waals surface area contributed by atoms with E-state index in [1.165, 1.54) is 0 Å². The molecule has 0 spiro atoms. The number of aliphatic hydroxyl groups excluding tert-OH is 1. The van der Waals surface area contributed by atoms with Gasteiger partial charge in [0.25, 0.3) is 0 Å². The van der Waals surface area contributed by atoms with Gasteiger partial charge >= 0.3 is 0 Å². The molecule has 0 heterocycles. The maximum absolute atomic E-state index is 11.8. The number of para-hydroxylation sites is 1. The van der Waals surface area contributed by atoms with Gasteiger partial charge in [0.05, 0.1) is 18.7 Å². The Kier molecular flexibility index (Phi) is 6.33. The number of hydrogen-bond donors (Lipinski definition) is 4. The lowest BCUT2D eigenvalue weighted by Gasteiger charge is -2.16. The van der Waals surface area contributed by atoms with E-state index in [9.17, 15) is 14.7 Å². The van der Waals surface area contributed by atoms with Gasteiger partial charge in [-0.3, -0.25) is 9.59 Å². The summed E-state index contributed by atoms with van der Waals surface area (Å²) in [5.74, 6) is -0.722. The van der Waals surface area contributed by atoms with E-state index in [0.717, 1.165) is 0 Å². The minimum absolute atomic E-state index is 0.00373. The highest BCUT2D eigenvalue weighted by Crippen LogP contribution is 2.21. The average Bonchev–Trinajstić information content (AvgIpc) is 2.44. The first kappa shape index (κ1) is 17.1. The number of amides is 2. The van der Waals surface area contributed by atoms with Gasteiger partial charge in [-0.25, -0.2) is 0 Å². The summed E-state index contributed by atoms with van der Waals surface area (Å²) in [7, 11) is 0. The van der Waals surface area contributed by atoms with Crippen LogP contribution in [0.1, 0.15) is 32.4 Å². The van der Waals surface area contributed by atoms with E-state index < -0.39 is 12.1 Å². The van der Waals surface area contributed by atoms with Crippen molar-refractivity contribution in [2.75, 3.05) is 11.9 Å². The summed E-state index contributed by atoms with van der Waals surface area (Å²) >= 11 is 0. The second kappa shape index (κ2) is 7.75. The minimum atomic E-state index is -0.689. The second-order valence-corrected chi connectivity index (χ2v) is 5.30. The van der Waals surface area contributed by atoms with Crippen molar-refractivity contribution in [1.82, 2.24) is 5.32 Å². The molecule has 0 saturated carbocycles. The van der Waals surface area contributed by atoms with Crippen molar-refractivity contribution in [1.29, 1.82) is 0 Å². The van der Waals surface area contributed by atoms with Crippen LogP contribution in [-0.2, 0) is 9.59 Å². The molecule has 2 atom stereocenters. The van der Waals surface area contributed by atoms with Crippen LogP contribution < -0.4 is 16.4 Å². The Balaban J connectivity index is 2.57. The zero-order chi connectivity index (χ0) is 16.0. The maximum Gasteiger partial charge on any atom is 0.243 e. The number of carbonyl (C=O) groups is 2. The van der Waals surface area contributed by atoms with E-state index in [1.807, 2.05) is 13.8 Å². The Labute approximate surface area is 124 Å². The molecular weight excluding hydrogens is 270 g/mol. The first-order valence-electron chi connectivity index (χ1n) is 6.93. The van der Waals surface area contributed by atoms with Crippen molar-refractivity contribution in [2.24, 2.45) is 11.7 Å². The third-order valence-electron chi connectivity index (χ3n) is 3.13. The van der Waals surface area contributed by atoms with Crippen molar-refractivity contribution in [3.63, 3.8) is 0 Å². The first-order valence-corrected chi connectivity index (χ1v) is 6.93. The quantitative estimate of drug-likeness (QED) is 0.622. The third-order valence-corrected chi connectivity index (χ3v) is 3.13. The fourth-order valence-electron chi connectivity index (χ4n) is 1.76. The Morgan fingerprint density at radius 3 is 2.43 bits per heavy atom. The van der Waals surface area contributed by atoms with E-state index in [-0.39, 0.29) is 24.3 Å². The summed E-state index contributed by atoms with van der Waals surface area (Å²) in [5, 5.41) is 14.8. The lowest BCUT2D eigenvalue weighted by atomic mass is 10.1. The SMILES string of the molecule is CC(O)c1ccccc1NC(=O)CNC(=O)[C@@H](N)C(C)C. The molecule has 1 unspecified atom stereocenters. The largest absolute Gasteiger partial charge is 0.389 e. The van der Waals surface area contributed by atoms with Gasteiger partial charge in [-0.2, -0.15) is 0 Å². The van der Waals surface area contributed by atoms with E-state index in [2.05, 4.69) is 10.6 Å². The van der Waals surface area contributed by atoms with E-state index >= 15 is 0 Å². The standard InChI is InChI=1S/C15H23N3O3/c1-9(2)14(16)15(21)17-8-13(20)18-12-7-5-4-6-11(12)10(3)19/h4-7,9-10,14,19H,8,16H2,1-3H3,(H,17,21)(H,18,20)/t10?,14-/m0/s1. The molecule has 6 heteroatoms. The van der Waals surface area contributed by atoms with Crippen LogP contribution in [-0.4, -0.2) is 29.5 Å². The Morgan fingerprint density at radius 1 is 1.24 bits per heavy atom. The molecule has 6 nitrogen and oxygen atoms in total. The number of benzene rings is 1. The lowest BCUT2D eigenvalue weighted by Crippen LogP contribution is -2.46. The molecule has 1 rings (SSSR count). The molecule has 0 fully saturated rings. The zero-order valence-corrected chi connectivity index (χ0v) is 12.6. The first-order chi connectivity index (χ1) is 9.82. The van der Waals surface area contributed by atoms with Crippen LogP contribution in [0.2, 0.25) is 0 Å². The number of anilines is 1. The highest BCUT2D eigenvalue weighted by molar-refractivity contribution is 5.95. The average molecular weight is 293 g/mol. The predicted molar refractivity (Wildman–Crippen MR) is 81.5 cm³/mol. The van der Waals surface area contributed by atoms with Crippen molar-refractivity contribution >= 4 is 17.5 Å². The van der Waals surface area contributed by atoms with Crippen LogP contribution in [0.4, 0.5) is 5.69 Å². The third kappa shape index (κ3) is 5.17. The molecule has 2 amide bonds. The number of nitrogens with two attached hydrogens (primary N) is 1. The highest BCUT2D eigenvalue weighted by atomic mass is 16.3. The van der Waals surface area contributed by atoms with Gasteiger partial charge in [0.15, 0.2) is 0 Å². The van der Waals surface area contributed by atoms with Crippen molar-refractivity contribution < 1.29 is 14.7 Å². The van der Waals surface area contributed by atoms with Crippen LogP contribution in [0.5, 0.6) is 0 Å². The molecule has 5 N–H and O–H groups in total. The predicted octanol–water partition coefficient (Wildman–Crippen LogP) is 0.778. The molecule has 0 aliphatic heterocycles. The molecule has 0 radical (unpaired) electrons. The summed E-state index contributed by atoms with van der Waals surface area (Å²) in [6.45, 7) is 5.13. The van der Waals surface area contributed by atoms with Gasteiger partial charge in [-0.1, -0.05) is 32.0 Å². The lowest BCUT2D eigenvalue weighted by molar-refractivity contribution is -0.125. The molecular formula is C15H23N3O3. The molecule has 0 aliphatic carbocycles. The molecule has 0 aliphatic rings. The minimum Gasteiger partial charge on any atom is -0.389 e. The fourth-order valence-corrected chi connectivity index (χ4v) is 1.76. The maximum atomic E-state index is 11.8. The summed E-state index contributed by atoms with van der Waals surface area (Å²) in [6, 6.07) is 6.33. The van der Waals surface area contributed by atoms with Gasteiger partial charge < -0.3 is 21.5 Å². The summed E-state index contributed by atoms with van der Waals surface area (Å²) < 4.78 is 0. The summed E-state index contributed by atoms with van der Waals surface area (Å²) in [5.41, 5.74) is 6.83. The Morgan fingerprint density at radius 2 is 1.86 bits per heavy atom. The van der Waals surface area contributed by atoms with Crippen LogP contribution in [0.25, 0.3) is 0 Å². The van der Waals surface area contributed by atoms with Gasteiger partial charge in [0.1, 0.15) is 0 Å². The normalized spacial score (nSPS) is 13.6. The van der Waals surface area contributed by atoms with Crippen LogP contribution in [0.15, 0.2) is 24.3 Å². The molecule has 0 aromatic heterocycles. The van der Waals surface area contributed by atoms with Crippen LogP contribution in [0, 0.1) is 5.92 Å². The highest BCUT2D eigenvalue weighted by Gasteiger charge is 2.18. The Hall–Kier alpha value is -1.92. The zero-order valence-electron chi connectivity index (χ0n) is 12.6. The number of carbonyl (C=O) groups excluding carboxylic acids is 2. The molecule has 21 heavy (non-hydrogen) atoms. The van der Waals surface area contributed by atoms with Gasteiger partial charge in [0, 0.05) is 11.3 Å². The van der Waals surface area contributed by atoms with Crippen molar-refractivity contribution in [3.8, 4) is 0 Å². The second-order valence-electron chi connectivity index (χ2n) is 5.30. The smallest absolute Gasteiger partial charge is 0.243 e. The molecule has 0 saturated heterocycles. The number of nitrogens with one attached hydrogen (secondary N) is 2. The number of rotatable bonds is 6. The van der Waals surface area contributed by atoms with Crippen LogP contribution in [0.3, 0.4) is 0 Å². The van der Waals surface area contributed by atoms with Gasteiger partial charge in [-0.15, -0.1) is 0 Å². The molecule has 1 aromatic carbocycles. The van der Waals surface area contributed by atoms with E-state index in [4.69, 9.17) is 5.73 Å². The molecule has 116 valence electrons. The topological polar surface area (TPSA) is 104 Å². The van der Waals surface area contributed by atoms with E-state index in [0.29, 0.717) is 11.3 Å². The van der Waals surface area contributed by atoms with Crippen molar-refractivity contribution in [3.05, 3.63) is 29.8 Å². The molecule has 0 bridgehead atoms. The van der Waals surface area contributed by atoms with E-state index in [1.54, 1.807) is 31.2 Å². The monoisotopic (exact) mass is 293 g/mol. The van der Waals surface area contributed by atoms with Gasteiger partial charge in [-0.05, 0) is 18.9 Å². The number of hydrogen-bond acceptors (Lipinski definition) is 4. The summed E-state index contributed by atoms with van der Waals surface area (Å²) in [6.07, 6.45) is -0.689. The van der Waals surface area contributed by atoms with Crippen molar-refractivity contribution in [2.45, 2.75) is 32.9 Å². The molecule has 1 aromatic rings. The van der Waals surface area contributed by atoms with Gasteiger partial charge in [0.2, 0.25) is 11.8 Å². The van der Waals surface area contributed by atoms with Crippen LogP contribution >= 0.6 is 0 Å². The Bertz CT molecular complexity index is 501.